The van der Waals surface area contributed by atoms with Crippen LogP contribution >= 0.6 is 0 Å². The molecule has 0 spiro atoms. The van der Waals surface area contributed by atoms with E-state index in [4.69, 9.17) is 9.47 Å². The van der Waals surface area contributed by atoms with Crippen LogP contribution in [0.3, 0.4) is 0 Å². The lowest BCUT2D eigenvalue weighted by Gasteiger charge is -2.35. The van der Waals surface area contributed by atoms with Crippen molar-refractivity contribution in [2.45, 2.75) is 32.0 Å². The maximum atomic E-state index is 14.2. The molecule has 1 N–H and O–H groups in total. The Morgan fingerprint density at radius 2 is 1.80 bits per heavy atom. The van der Waals surface area contributed by atoms with E-state index in [1.54, 1.807) is 12.3 Å². The van der Waals surface area contributed by atoms with Gasteiger partial charge in [-0.05, 0) is 43.7 Å². The SMILES string of the molecule is COc1cc(F)c(O[C@@H]2C[C@@H]3CN(c4ccc(C(C)=O)cn4)C[C@@H]3C[C@H]2O)cc1F. The van der Waals surface area contributed by atoms with Crippen molar-refractivity contribution in [3.63, 3.8) is 0 Å². The van der Waals surface area contributed by atoms with Crippen LogP contribution in [0.2, 0.25) is 0 Å². The van der Waals surface area contributed by atoms with Crippen LogP contribution in [0.25, 0.3) is 0 Å². The molecule has 0 amide bonds. The summed E-state index contributed by atoms with van der Waals surface area (Å²) in [6, 6.07) is 5.48. The number of anilines is 1. The fraction of sp³-hybridized carbons (Fsp3) is 0.455. The molecule has 1 saturated heterocycles. The van der Waals surface area contributed by atoms with Crippen LogP contribution < -0.4 is 14.4 Å². The van der Waals surface area contributed by atoms with Gasteiger partial charge in [0.2, 0.25) is 0 Å². The number of hydrogen-bond donors (Lipinski definition) is 1. The number of ether oxygens (including phenoxy) is 2. The second-order valence-electron chi connectivity index (χ2n) is 8.00. The van der Waals surface area contributed by atoms with Crippen molar-refractivity contribution in [3.05, 3.63) is 47.7 Å². The van der Waals surface area contributed by atoms with Crippen molar-refractivity contribution in [1.82, 2.24) is 4.98 Å². The minimum absolute atomic E-state index is 0.0329. The molecule has 1 aromatic heterocycles. The van der Waals surface area contributed by atoms with Crippen LogP contribution in [-0.2, 0) is 0 Å². The first-order valence-electron chi connectivity index (χ1n) is 9.95. The van der Waals surface area contributed by atoms with Crippen LogP contribution in [0.4, 0.5) is 14.6 Å². The van der Waals surface area contributed by atoms with Gasteiger partial charge in [-0.15, -0.1) is 0 Å². The fourth-order valence-electron chi connectivity index (χ4n) is 4.41. The van der Waals surface area contributed by atoms with Gasteiger partial charge < -0.3 is 19.5 Å². The number of aliphatic hydroxyl groups excluding tert-OH is 1. The third-order valence-corrected chi connectivity index (χ3v) is 6.05. The highest BCUT2D eigenvalue weighted by Gasteiger charge is 2.43. The highest BCUT2D eigenvalue weighted by Crippen LogP contribution is 2.40. The molecule has 1 aromatic carbocycles. The number of carbonyl (C=O) groups excluding carboxylic acids is 1. The van der Waals surface area contributed by atoms with Crippen LogP contribution in [0.15, 0.2) is 30.5 Å². The lowest BCUT2D eigenvalue weighted by Crippen LogP contribution is -2.42. The van der Waals surface area contributed by atoms with Gasteiger partial charge in [-0.2, -0.15) is 0 Å². The molecular formula is C22H24F2N2O4. The molecule has 0 radical (unpaired) electrons. The van der Waals surface area contributed by atoms with Crippen molar-refractivity contribution in [2.24, 2.45) is 11.8 Å². The van der Waals surface area contributed by atoms with E-state index in [9.17, 15) is 18.7 Å². The highest BCUT2D eigenvalue weighted by molar-refractivity contribution is 5.93. The van der Waals surface area contributed by atoms with E-state index in [1.165, 1.54) is 14.0 Å². The number of pyridine rings is 1. The van der Waals surface area contributed by atoms with Crippen LogP contribution in [0.1, 0.15) is 30.1 Å². The number of nitrogens with zero attached hydrogens (tertiary/aromatic N) is 2. The summed E-state index contributed by atoms with van der Waals surface area (Å²) in [6.07, 6.45) is 1.21. The van der Waals surface area contributed by atoms with Gasteiger partial charge in [0, 0.05) is 37.0 Å². The minimum Gasteiger partial charge on any atom is -0.494 e. The Morgan fingerprint density at radius 3 is 2.43 bits per heavy atom. The zero-order valence-electron chi connectivity index (χ0n) is 16.8. The number of ketones is 1. The molecule has 0 unspecified atom stereocenters. The van der Waals surface area contributed by atoms with Crippen molar-refractivity contribution in [2.75, 3.05) is 25.1 Å². The van der Waals surface area contributed by atoms with E-state index in [2.05, 4.69) is 9.88 Å². The van der Waals surface area contributed by atoms with Gasteiger partial charge in [0.25, 0.3) is 0 Å². The van der Waals surface area contributed by atoms with E-state index in [1.807, 2.05) is 6.07 Å². The summed E-state index contributed by atoms with van der Waals surface area (Å²) >= 11 is 0. The molecule has 6 nitrogen and oxygen atoms in total. The fourth-order valence-corrected chi connectivity index (χ4v) is 4.41. The monoisotopic (exact) mass is 418 g/mol. The zero-order chi connectivity index (χ0) is 21.4. The van der Waals surface area contributed by atoms with Gasteiger partial charge in [-0.3, -0.25) is 4.79 Å². The maximum Gasteiger partial charge on any atom is 0.168 e. The van der Waals surface area contributed by atoms with E-state index in [0.29, 0.717) is 18.4 Å². The number of benzene rings is 1. The Kier molecular flexibility index (Phi) is 5.60. The molecule has 160 valence electrons. The van der Waals surface area contributed by atoms with Crippen molar-refractivity contribution in [1.29, 1.82) is 0 Å². The predicted octanol–water partition coefficient (Wildman–Crippen LogP) is 3.23. The standard InChI is InChI=1S/C22H24F2N2O4/c1-12(27)13-3-4-22(25-9-13)26-10-14-5-18(28)21(6-15(14)11-26)30-20-8-16(23)19(29-2)7-17(20)24/h3-4,7-9,14-15,18,21,28H,5-6,10-11H2,1-2H3/t14-,15+,18+,21+/m0/s1. The molecule has 30 heavy (non-hydrogen) atoms. The Labute approximate surface area is 173 Å². The first-order chi connectivity index (χ1) is 14.4. The van der Waals surface area contributed by atoms with Crippen molar-refractivity contribution >= 4 is 11.6 Å². The summed E-state index contributed by atoms with van der Waals surface area (Å²) in [7, 11) is 1.26. The van der Waals surface area contributed by atoms with Crippen molar-refractivity contribution in [3.8, 4) is 11.5 Å². The van der Waals surface area contributed by atoms with E-state index in [0.717, 1.165) is 31.0 Å². The Morgan fingerprint density at radius 1 is 1.13 bits per heavy atom. The maximum absolute atomic E-state index is 14.2. The number of Topliss-reactive ketones (excluding diaryl/α,β-unsaturated/α-hetero) is 1. The Bertz CT molecular complexity index is 937. The molecule has 1 aliphatic carbocycles. The van der Waals surface area contributed by atoms with E-state index in [-0.39, 0.29) is 29.1 Å². The smallest absolute Gasteiger partial charge is 0.168 e. The molecule has 0 bridgehead atoms. The molecule has 2 aliphatic rings. The number of rotatable bonds is 5. The normalized spacial score (nSPS) is 25.7. The molecule has 4 rings (SSSR count). The van der Waals surface area contributed by atoms with Crippen LogP contribution in [0.5, 0.6) is 11.5 Å². The quantitative estimate of drug-likeness (QED) is 0.752. The predicted molar refractivity (Wildman–Crippen MR) is 106 cm³/mol. The van der Waals surface area contributed by atoms with Gasteiger partial charge in [0.15, 0.2) is 28.9 Å². The number of aliphatic hydroxyl groups is 1. The summed E-state index contributed by atoms with van der Waals surface area (Å²) < 4.78 is 38.6. The highest BCUT2D eigenvalue weighted by atomic mass is 19.1. The topological polar surface area (TPSA) is 71.9 Å². The number of fused-ring (bicyclic) bond motifs is 1. The second kappa shape index (κ2) is 8.18. The molecule has 2 aromatic rings. The number of aromatic nitrogens is 1. The lowest BCUT2D eigenvalue weighted by molar-refractivity contribution is -0.0248. The average molecular weight is 418 g/mol. The first kappa shape index (κ1) is 20.5. The second-order valence-corrected chi connectivity index (χ2v) is 8.00. The van der Waals surface area contributed by atoms with E-state index >= 15 is 0 Å². The number of carbonyl (C=O) groups is 1. The summed E-state index contributed by atoms with van der Waals surface area (Å²) in [5.74, 6) is -0.634. The zero-order valence-corrected chi connectivity index (χ0v) is 16.8. The third kappa shape index (κ3) is 3.96. The van der Waals surface area contributed by atoms with E-state index < -0.39 is 23.8 Å². The van der Waals surface area contributed by atoms with Gasteiger partial charge in [0.1, 0.15) is 11.9 Å². The summed E-state index contributed by atoms with van der Waals surface area (Å²) in [4.78, 5) is 18.0. The molecule has 2 fully saturated rings. The van der Waals surface area contributed by atoms with Gasteiger partial charge in [0.05, 0.1) is 13.2 Å². The summed E-state index contributed by atoms with van der Waals surface area (Å²) in [6.45, 7) is 2.97. The lowest BCUT2D eigenvalue weighted by atomic mass is 9.78. The number of hydrogen-bond acceptors (Lipinski definition) is 6. The molecule has 1 aliphatic heterocycles. The van der Waals surface area contributed by atoms with Crippen LogP contribution in [-0.4, -0.2) is 48.3 Å². The number of halogens is 2. The molecule has 4 atom stereocenters. The van der Waals surface area contributed by atoms with Gasteiger partial charge >= 0.3 is 0 Å². The summed E-state index contributed by atoms with van der Waals surface area (Å²) in [5, 5.41) is 10.6. The van der Waals surface area contributed by atoms with Crippen molar-refractivity contribution < 1.29 is 28.2 Å². The molecule has 8 heteroatoms. The third-order valence-electron chi connectivity index (χ3n) is 6.05. The average Bonchev–Trinajstić information content (AvgIpc) is 3.13. The van der Waals surface area contributed by atoms with Crippen LogP contribution in [0, 0.1) is 23.5 Å². The Balaban J connectivity index is 1.45. The minimum atomic E-state index is -0.774. The number of methoxy groups -OCH3 is 1. The molecule has 2 heterocycles. The molecule has 1 saturated carbocycles. The molecular weight excluding hydrogens is 394 g/mol. The van der Waals surface area contributed by atoms with Gasteiger partial charge in [-0.25, -0.2) is 13.8 Å². The first-order valence-corrected chi connectivity index (χ1v) is 9.95. The Hall–Kier alpha value is -2.74. The largest absolute Gasteiger partial charge is 0.494 e. The summed E-state index contributed by atoms with van der Waals surface area (Å²) in [5.41, 5.74) is 0.563. The van der Waals surface area contributed by atoms with Gasteiger partial charge in [-0.1, -0.05) is 0 Å².